The largest absolute Gasteiger partial charge is 0.497 e. The Kier molecular flexibility index (Phi) is 5.74. The number of nitrogens with zero attached hydrogens (tertiary/aromatic N) is 1. The van der Waals surface area contributed by atoms with Gasteiger partial charge in [0, 0.05) is 18.1 Å². The van der Waals surface area contributed by atoms with Crippen molar-refractivity contribution in [3.05, 3.63) is 42.0 Å². The molecule has 1 aliphatic heterocycles. The van der Waals surface area contributed by atoms with E-state index in [9.17, 15) is 14.4 Å². The van der Waals surface area contributed by atoms with E-state index in [-0.39, 0.29) is 18.8 Å². The number of fused-ring (bicyclic) bond motifs is 1. The SMILES string of the molecule is CCOC(=O)/C=C1\c2cc(OC)ccc2N(C(=O)OC(C)(C)C)C12C=CC(=O)CC2. The molecule has 0 fully saturated rings. The number of ketones is 1. The number of benzene rings is 1. The molecule has 0 saturated heterocycles. The van der Waals surface area contributed by atoms with Gasteiger partial charge in [-0.25, -0.2) is 9.59 Å². The molecule has 1 atom stereocenters. The van der Waals surface area contributed by atoms with Crippen LogP contribution in [0.15, 0.2) is 36.4 Å². The van der Waals surface area contributed by atoms with Gasteiger partial charge in [-0.1, -0.05) is 6.08 Å². The zero-order valence-corrected chi connectivity index (χ0v) is 18.0. The first kappa shape index (κ1) is 21.6. The number of ether oxygens (including phenoxy) is 3. The van der Waals surface area contributed by atoms with E-state index in [2.05, 4.69) is 0 Å². The molecule has 3 rings (SSSR count). The minimum absolute atomic E-state index is 0.0335. The average Bonchev–Trinajstić information content (AvgIpc) is 2.92. The van der Waals surface area contributed by atoms with Crippen LogP contribution in [0.25, 0.3) is 5.57 Å². The molecule has 1 aromatic rings. The van der Waals surface area contributed by atoms with E-state index in [4.69, 9.17) is 14.2 Å². The Morgan fingerprint density at radius 3 is 2.57 bits per heavy atom. The van der Waals surface area contributed by atoms with Crippen molar-refractivity contribution in [1.29, 1.82) is 0 Å². The predicted molar refractivity (Wildman–Crippen MR) is 112 cm³/mol. The van der Waals surface area contributed by atoms with Crippen molar-refractivity contribution < 1.29 is 28.6 Å². The molecule has 0 radical (unpaired) electrons. The topological polar surface area (TPSA) is 82.1 Å². The third kappa shape index (κ3) is 3.97. The zero-order chi connectivity index (χ0) is 22.1. The van der Waals surface area contributed by atoms with Crippen LogP contribution in [0.4, 0.5) is 10.5 Å². The molecule has 7 heteroatoms. The van der Waals surface area contributed by atoms with Crippen LogP contribution in [-0.2, 0) is 19.1 Å². The van der Waals surface area contributed by atoms with Gasteiger partial charge in [-0.05, 0) is 64.0 Å². The predicted octanol–water partition coefficient (Wildman–Crippen LogP) is 4.05. The lowest BCUT2D eigenvalue weighted by Gasteiger charge is -2.39. The number of carbonyl (C=O) groups excluding carboxylic acids is 3. The quantitative estimate of drug-likeness (QED) is 0.549. The number of hydrogen-bond acceptors (Lipinski definition) is 6. The summed E-state index contributed by atoms with van der Waals surface area (Å²) in [5.74, 6) is 0.0336. The van der Waals surface area contributed by atoms with Crippen molar-refractivity contribution in [3.63, 3.8) is 0 Å². The van der Waals surface area contributed by atoms with Gasteiger partial charge < -0.3 is 14.2 Å². The Balaban J connectivity index is 2.25. The van der Waals surface area contributed by atoms with E-state index in [1.807, 2.05) is 0 Å². The maximum atomic E-state index is 13.3. The third-order valence-electron chi connectivity index (χ3n) is 5.02. The third-order valence-corrected chi connectivity index (χ3v) is 5.02. The average molecular weight is 413 g/mol. The Morgan fingerprint density at radius 1 is 1.27 bits per heavy atom. The molecule has 30 heavy (non-hydrogen) atoms. The lowest BCUT2D eigenvalue weighted by Crippen LogP contribution is -2.51. The van der Waals surface area contributed by atoms with E-state index in [1.165, 1.54) is 17.1 Å². The van der Waals surface area contributed by atoms with Gasteiger partial charge in [0.05, 0.1) is 24.9 Å². The van der Waals surface area contributed by atoms with Gasteiger partial charge in [0.1, 0.15) is 11.4 Å². The number of rotatable bonds is 3. The van der Waals surface area contributed by atoms with Gasteiger partial charge in [0.25, 0.3) is 0 Å². The van der Waals surface area contributed by atoms with Gasteiger partial charge >= 0.3 is 12.1 Å². The van der Waals surface area contributed by atoms with E-state index < -0.39 is 23.2 Å². The Hall–Kier alpha value is -3.09. The van der Waals surface area contributed by atoms with E-state index in [0.29, 0.717) is 29.0 Å². The summed E-state index contributed by atoms with van der Waals surface area (Å²) in [6.45, 7) is 7.32. The molecule has 1 spiro atoms. The van der Waals surface area contributed by atoms with Crippen LogP contribution in [0.3, 0.4) is 0 Å². The Bertz CT molecular complexity index is 940. The number of methoxy groups -OCH3 is 1. The monoisotopic (exact) mass is 413 g/mol. The van der Waals surface area contributed by atoms with Crippen LogP contribution in [0.1, 0.15) is 46.1 Å². The van der Waals surface area contributed by atoms with Crippen LogP contribution in [0.2, 0.25) is 0 Å². The van der Waals surface area contributed by atoms with Crippen molar-refractivity contribution in [2.24, 2.45) is 0 Å². The molecule has 1 aromatic carbocycles. The normalized spacial score (nSPS) is 21.7. The molecule has 0 bridgehead atoms. The smallest absolute Gasteiger partial charge is 0.415 e. The minimum atomic E-state index is -1.03. The van der Waals surface area contributed by atoms with E-state index in [0.717, 1.165) is 0 Å². The van der Waals surface area contributed by atoms with Gasteiger partial charge in [-0.15, -0.1) is 0 Å². The minimum Gasteiger partial charge on any atom is -0.497 e. The molecule has 160 valence electrons. The van der Waals surface area contributed by atoms with Gasteiger partial charge in [-0.2, -0.15) is 0 Å². The molecule has 1 heterocycles. The van der Waals surface area contributed by atoms with E-state index in [1.54, 1.807) is 59.1 Å². The fraction of sp³-hybridized carbons (Fsp3) is 0.435. The Morgan fingerprint density at radius 2 is 2.00 bits per heavy atom. The highest BCUT2D eigenvalue weighted by Gasteiger charge is 2.52. The number of anilines is 1. The number of carbonyl (C=O) groups is 3. The molecule has 1 amide bonds. The summed E-state index contributed by atoms with van der Waals surface area (Å²) in [4.78, 5) is 39.2. The van der Waals surface area contributed by atoms with Crippen LogP contribution in [-0.4, -0.2) is 42.7 Å². The van der Waals surface area contributed by atoms with Crippen molar-refractivity contribution in [2.75, 3.05) is 18.6 Å². The maximum Gasteiger partial charge on any atom is 0.415 e. The van der Waals surface area contributed by atoms with Crippen LogP contribution in [0.5, 0.6) is 5.75 Å². The van der Waals surface area contributed by atoms with Crippen molar-refractivity contribution in [1.82, 2.24) is 0 Å². The maximum absolute atomic E-state index is 13.3. The second-order valence-electron chi connectivity index (χ2n) is 8.23. The summed E-state index contributed by atoms with van der Waals surface area (Å²) in [6, 6.07) is 5.28. The van der Waals surface area contributed by atoms with E-state index >= 15 is 0 Å². The van der Waals surface area contributed by atoms with Crippen molar-refractivity contribution in [3.8, 4) is 5.75 Å². The van der Waals surface area contributed by atoms with Crippen molar-refractivity contribution in [2.45, 2.75) is 51.7 Å². The molecule has 2 aliphatic rings. The summed E-state index contributed by atoms with van der Waals surface area (Å²) in [6.07, 6.45) is 4.54. The summed E-state index contributed by atoms with van der Waals surface area (Å²) in [5, 5.41) is 0. The fourth-order valence-corrected chi connectivity index (χ4v) is 3.82. The summed E-state index contributed by atoms with van der Waals surface area (Å²) in [7, 11) is 1.55. The summed E-state index contributed by atoms with van der Waals surface area (Å²) < 4.78 is 16.2. The highest BCUT2D eigenvalue weighted by Crippen LogP contribution is 2.52. The van der Waals surface area contributed by atoms with Gasteiger partial charge in [0.2, 0.25) is 0 Å². The van der Waals surface area contributed by atoms with Crippen molar-refractivity contribution >= 4 is 29.1 Å². The first-order valence-electron chi connectivity index (χ1n) is 9.94. The number of hydrogen-bond donors (Lipinski definition) is 0. The lowest BCUT2D eigenvalue weighted by atomic mass is 9.79. The summed E-state index contributed by atoms with van der Waals surface area (Å²) >= 11 is 0. The molecule has 7 nitrogen and oxygen atoms in total. The molecular formula is C23H27NO6. The highest BCUT2D eigenvalue weighted by atomic mass is 16.6. The Labute approximate surface area is 176 Å². The second kappa shape index (κ2) is 7.97. The van der Waals surface area contributed by atoms with Gasteiger partial charge in [0.15, 0.2) is 5.78 Å². The van der Waals surface area contributed by atoms with Crippen LogP contribution >= 0.6 is 0 Å². The molecule has 0 aromatic heterocycles. The standard InChI is InChI=1S/C23H27NO6/c1-6-29-20(26)14-18-17-13-16(28-5)7-8-19(17)24(21(27)30-22(2,3)4)23(18)11-9-15(25)10-12-23/h7-9,11,13-14H,6,10,12H2,1-5H3/b18-14+. The zero-order valence-electron chi connectivity index (χ0n) is 18.0. The fourth-order valence-electron chi connectivity index (χ4n) is 3.82. The second-order valence-corrected chi connectivity index (χ2v) is 8.23. The molecular weight excluding hydrogens is 386 g/mol. The first-order chi connectivity index (χ1) is 14.1. The van der Waals surface area contributed by atoms with Gasteiger partial charge in [-0.3, -0.25) is 9.69 Å². The highest BCUT2D eigenvalue weighted by molar-refractivity contribution is 6.10. The number of esters is 1. The number of amides is 1. The van der Waals surface area contributed by atoms with Crippen LogP contribution in [0, 0.1) is 0 Å². The molecule has 1 aliphatic carbocycles. The number of allylic oxidation sites excluding steroid dienone is 1. The summed E-state index contributed by atoms with van der Waals surface area (Å²) in [5.41, 5.74) is 0.0704. The molecule has 1 unspecified atom stereocenters. The van der Waals surface area contributed by atoms with Crippen LogP contribution < -0.4 is 9.64 Å². The molecule has 0 N–H and O–H groups in total. The first-order valence-corrected chi connectivity index (χ1v) is 9.94. The molecule has 0 saturated carbocycles. The lowest BCUT2D eigenvalue weighted by molar-refractivity contribution is -0.137.